The Morgan fingerprint density at radius 1 is 1.08 bits per heavy atom. The van der Waals surface area contributed by atoms with Crippen molar-refractivity contribution in [1.29, 1.82) is 0 Å². The molecule has 1 amide bonds. The van der Waals surface area contributed by atoms with E-state index in [0.717, 1.165) is 12.1 Å². The number of nitro benzene ring substituents is 1. The molecule has 0 atom stereocenters. The first-order chi connectivity index (χ1) is 17.7. The van der Waals surface area contributed by atoms with Crippen LogP contribution in [-0.4, -0.2) is 69.6 Å². The Hall–Kier alpha value is -3.85. The number of carbonyl (C=O) groups is 1. The number of ether oxygens (including phenoxy) is 3. The van der Waals surface area contributed by atoms with E-state index in [2.05, 4.69) is 15.1 Å². The van der Waals surface area contributed by atoms with Crippen LogP contribution in [-0.2, 0) is 19.5 Å². The van der Waals surface area contributed by atoms with Crippen LogP contribution in [0.15, 0.2) is 53.4 Å². The number of para-hydroxylation sites is 1. The highest BCUT2D eigenvalue weighted by Gasteiger charge is 2.27. The minimum Gasteiger partial charge on any atom is -0.437 e. The number of hydrogen-bond acceptors (Lipinski definition) is 9. The predicted octanol–water partition coefficient (Wildman–Crippen LogP) is 2.18. The Kier molecular flexibility index (Phi) is 9.30. The lowest BCUT2D eigenvalue weighted by Crippen LogP contribution is -2.28. The SMILES string of the molecule is COCCNC(=O)c1nn(-c2ccccc2)c(Oc2ccc([N+](=O)[O-])cc2S(=O)(=O)NCCOC)c1C. The molecule has 2 N–H and O–H groups in total. The van der Waals surface area contributed by atoms with Crippen LogP contribution in [0.2, 0.25) is 0 Å². The first kappa shape index (κ1) is 27.7. The van der Waals surface area contributed by atoms with Crippen molar-refractivity contribution >= 4 is 21.6 Å². The number of nitro groups is 1. The van der Waals surface area contributed by atoms with Crippen LogP contribution < -0.4 is 14.8 Å². The van der Waals surface area contributed by atoms with E-state index in [1.54, 1.807) is 37.3 Å². The van der Waals surface area contributed by atoms with Crippen molar-refractivity contribution in [2.75, 3.05) is 40.5 Å². The summed E-state index contributed by atoms with van der Waals surface area (Å²) in [6.45, 7) is 2.18. The number of amides is 1. The summed E-state index contributed by atoms with van der Waals surface area (Å²) in [5, 5.41) is 18.4. The molecule has 3 aromatic rings. The van der Waals surface area contributed by atoms with Crippen molar-refractivity contribution in [3.8, 4) is 17.3 Å². The minimum atomic E-state index is -4.24. The zero-order chi connectivity index (χ0) is 27.0. The monoisotopic (exact) mass is 533 g/mol. The molecule has 0 unspecified atom stereocenters. The molecule has 0 bridgehead atoms. The number of rotatable bonds is 13. The number of methoxy groups -OCH3 is 2. The molecule has 0 aliphatic rings. The van der Waals surface area contributed by atoms with Crippen molar-refractivity contribution < 1.29 is 32.3 Å². The van der Waals surface area contributed by atoms with Crippen molar-refractivity contribution in [3.05, 3.63) is 69.9 Å². The zero-order valence-electron chi connectivity index (χ0n) is 20.5. The van der Waals surface area contributed by atoms with Crippen LogP contribution >= 0.6 is 0 Å². The fourth-order valence-electron chi connectivity index (χ4n) is 3.28. The molecule has 0 aliphatic carbocycles. The second kappa shape index (κ2) is 12.4. The molecule has 1 aromatic heterocycles. The van der Waals surface area contributed by atoms with Gasteiger partial charge in [-0.05, 0) is 25.1 Å². The van der Waals surface area contributed by atoms with Crippen LogP contribution in [0.4, 0.5) is 5.69 Å². The van der Waals surface area contributed by atoms with Gasteiger partial charge in [0.15, 0.2) is 5.69 Å². The van der Waals surface area contributed by atoms with Gasteiger partial charge in [0.25, 0.3) is 11.6 Å². The van der Waals surface area contributed by atoms with E-state index < -0.39 is 31.4 Å². The van der Waals surface area contributed by atoms with Gasteiger partial charge < -0.3 is 19.5 Å². The highest BCUT2D eigenvalue weighted by atomic mass is 32.2. The Bertz CT molecular complexity index is 1360. The summed E-state index contributed by atoms with van der Waals surface area (Å²) >= 11 is 0. The van der Waals surface area contributed by atoms with Crippen LogP contribution in [0.25, 0.3) is 5.69 Å². The van der Waals surface area contributed by atoms with E-state index in [1.807, 2.05) is 0 Å². The zero-order valence-corrected chi connectivity index (χ0v) is 21.3. The lowest BCUT2D eigenvalue weighted by Gasteiger charge is -2.14. The van der Waals surface area contributed by atoms with Gasteiger partial charge >= 0.3 is 0 Å². The quantitative estimate of drug-likeness (QED) is 0.190. The third kappa shape index (κ3) is 6.68. The maximum Gasteiger partial charge on any atom is 0.272 e. The molecule has 0 saturated carbocycles. The largest absolute Gasteiger partial charge is 0.437 e. The van der Waals surface area contributed by atoms with Crippen molar-refractivity contribution in [3.63, 3.8) is 0 Å². The topological polar surface area (TPSA) is 164 Å². The van der Waals surface area contributed by atoms with Crippen LogP contribution in [0.3, 0.4) is 0 Å². The molecule has 37 heavy (non-hydrogen) atoms. The maximum atomic E-state index is 13.0. The second-order valence-corrected chi connectivity index (χ2v) is 9.39. The van der Waals surface area contributed by atoms with E-state index in [9.17, 15) is 23.3 Å². The average molecular weight is 534 g/mol. The van der Waals surface area contributed by atoms with Crippen LogP contribution in [0.5, 0.6) is 11.6 Å². The molecule has 198 valence electrons. The molecular formula is C23H27N5O8S. The molecule has 14 heteroatoms. The minimum absolute atomic E-state index is 0.0551. The first-order valence-electron chi connectivity index (χ1n) is 11.1. The fourth-order valence-corrected chi connectivity index (χ4v) is 4.43. The van der Waals surface area contributed by atoms with Gasteiger partial charge in [0.2, 0.25) is 15.9 Å². The van der Waals surface area contributed by atoms with Gasteiger partial charge in [0.1, 0.15) is 10.6 Å². The van der Waals surface area contributed by atoms with E-state index in [-0.39, 0.29) is 37.0 Å². The summed E-state index contributed by atoms with van der Waals surface area (Å²) in [4.78, 5) is 23.0. The van der Waals surface area contributed by atoms with Crippen molar-refractivity contribution in [2.45, 2.75) is 11.8 Å². The number of aromatic nitrogens is 2. The number of sulfonamides is 1. The number of non-ortho nitro benzene ring substituents is 1. The smallest absolute Gasteiger partial charge is 0.272 e. The predicted molar refractivity (Wildman–Crippen MR) is 133 cm³/mol. The van der Waals surface area contributed by atoms with Crippen LogP contribution in [0, 0.1) is 17.0 Å². The van der Waals surface area contributed by atoms with Gasteiger partial charge in [-0.15, -0.1) is 0 Å². The number of carbonyl (C=O) groups excluding carboxylic acids is 1. The highest BCUT2D eigenvalue weighted by molar-refractivity contribution is 7.89. The molecule has 2 aromatic carbocycles. The lowest BCUT2D eigenvalue weighted by molar-refractivity contribution is -0.385. The summed E-state index contributed by atoms with van der Waals surface area (Å²) in [6, 6.07) is 12.0. The van der Waals surface area contributed by atoms with Crippen molar-refractivity contribution in [2.24, 2.45) is 0 Å². The van der Waals surface area contributed by atoms with Gasteiger partial charge in [0, 0.05) is 45.0 Å². The average Bonchev–Trinajstić information content (AvgIpc) is 3.20. The molecular weight excluding hydrogens is 506 g/mol. The second-order valence-electron chi connectivity index (χ2n) is 7.66. The normalized spacial score (nSPS) is 11.3. The molecule has 0 saturated heterocycles. The summed E-state index contributed by atoms with van der Waals surface area (Å²) in [6.07, 6.45) is 0. The lowest BCUT2D eigenvalue weighted by atomic mass is 10.2. The van der Waals surface area contributed by atoms with E-state index in [1.165, 1.54) is 25.0 Å². The molecule has 13 nitrogen and oxygen atoms in total. The Morgan fingerprint density at radius 2 is 1.76 bits per heavy atom. The van der Waals surface area contributed by atoms with Gasteiger partial charge in [-0.1, -0.05) is 18.2 Å². The third-order valence-electron chi connectivity index (χ3n) is 5.11. The maximum absolute atomic E-state index is 13.0. The number of hydrogen-bond donors (Lipinski definition) is 2. The number of benzene rings is 2. The molecule has 0 fully saturated rings. The number of nitrogens with one attached hydrogen (secondary N) is 2. The van der Waals surface area contributed by atoms with Gasteiger partial charge in [-0.25, -0.2) is 13.1 Å². The fraction of sp³-hybridized carbons (Fsp3) is 0.304. The van der Waals surface area contributed by atoms with E-state index in [4.69, 9.17) is 14.2 Å². The van der Waals surface area contributed by atoms with Gasteiger partial charge in [-0.3, -0.25) is 14.9 Å². The third-order valence-corrected chi connectivity index (χ3v) is 6.59. The van der Waals surface area contributed by atoms with Crippen LogP contribution in [0.1, 0.15) is 16.1 Å². The molecule has 3 rings (SSSR count). The first-order valence-corrected chi connectivity index (χ1v) is 12.5. The molecule has 1 heterocycles. The standard InChI is InChI=1S/C23H27N5O8S/c1-16-21(22(29)24-11-13-34-2)26-27(17-7-5-4-6-8-17)23(16)36-19-10-9-18(28(30)31)15-20(19)37(32,33)25-12-14-35-3/h4-10,15,25H,11-14H2,1-3H3,(H,24,29). The van der Waals surface area contributed by atoms with E-state index >= 15 is 0 Å². The van der Waals surface area contributed by atoms with Crippen molar-refractivity contribution in [1.82, 2.24) is 19.8 Å². The molecule has 0 aliphatic heterocycles. The summed E-state index contributed by atoms with van der Waals surface area (Å²) < 4.78 is 45.6. The Morgan fingerprint density at radius 3 is 2.41 bits per heavy atom. The van der Waals surface area contributed by atoms with Gasteiger partial charge in [0.05, 0.1) is 23.8 Å². The Balaban J connectivity index is 2.11. The molecule has 0 radical (unpaired) electrons. The Labute approximate surface area is 213 Å². The summed E-state index contributed by atoms with van der Waals surface area (Å²) in [7, 11) is -1.32. The summed E-state index contributed by atoms with van der Waals surface area (Å²) in [5.74, 6) is -0.612. The van der Waals surface area contributed by atoms with E-state index in [0.29, 0.717) is 17.9 Å². The highest BCUT2D eigenvalue weighted by Crippen LogP contribution is 2.35. The van der Waals surface area contributed by atoms with Gasteiger partial charge in [-0.2, -0.15) is 9.78 Å². The summed E-state index contributed by atoms with van der Waals surface area (Å²) in [5.41, 5.74) is 0.486. The number of nitrogens with zero attached hydrogens (tertiary/aromatic N) is 3. The molecule has 0 spiro atoms.